The Bertz CT molecular complexity index is 1050. The summed E-state index contributed by atoms with van der Waals surface area (Å²) in [6.45, 7) is 0. The Morgan fingerprint density at radius 2 is 2.12 bits per heavy atom. The number of aromatic hydroxyl groups is 1. The number of carbonyl (C=O) groups is 1. The standard InChI is InChI=1S/C23H24ClFN4O3/c24-17-7-4-8-18(25)22(17)32-16-12-21(30)29(14-16)19(11-15-5-2-1-3-6-15)23(31)28-20-13-26-9-10-27-20/h4,7-10,12-15,19,30H,1-3,5-6,11H2,(H,27,28,31)/t19-/m0/s1. The molecular weight excluding hydrogens is 435 g/mol. The molecule has 2 aromatic heterocycles. The minimum absolute atomic E-state index is 0.108. The molecule has 1 saturated carbocycles. The average molecular weight is 459 g/mol. The zero-order chi connectivity index (χ0) is 22.5. The fourth-order valence-corrected chi connectivity index (χ4v) is 4.31. The van der Waals surface area contributed by atoms with Gasteiger partial charge in [0.2, 0.25) is 5.91 Å². The molecule has 168 valence electrons. The number of hydrogen-bond donors (Lipinski definition) is 2. The number of halogens is 2. The number of aromatic nitrogens is 3. The lowest BCUT2D eigenvalue weighted by Crippen LogP contribution is -2.28. The summed E-state index contributed by atoms with van der Waals surface area (Å²) in [5, 5.41) is 13.5. The van der Waals surface area contributed by atoms with Gasteiger partial charge in [-0.2, -0.15) is 0 Å². The first kappa shape index (κ1) is 22.1. The average Bonchev–Trinajstić information content (AvgIpc) is 3.16. The molecule has 2 N–H and O–H groups in total. The van der Waals surface area contributed by atoms with Gasteiger partial charge in [-0.3, -0.25) is 9.78 Å². The van der Waals surface area contributed by atoms with Gasteiger partial charge < -0.3 is 19.7 Å². The van der Waals surface area contributed by atoms with Gasteiger partial charge in [0.25, 0.3) is 0 Å². The van der Waals surface area contributed by atoms with Gasteiger partial charge in [-0.15, -0.1) is 0 Å². The molecule has 4 rings (SSSR count). The van der Waals surface area contributed by atoms with Crippen LogP contribution in [0.5, 0.6) is 17.4 Å². The van der Waals surface area contributed by atoms with Crippen molar-refractivity contribution in [1.29, 1.82) is 0 Å². The third kappa shape index (κ3) is 5.19. The minimum Gasteiger partial charge on any atom is -0.494 e. The van der Waals surface area contributed by atoms with Crippen LogP contribution >= 0.6 is 11.6 Å². The van der Waals surface area contributed by atoms with Crippen molar-refractivity contribution in [3.8, 4) is 17.4 Å². The first-order valence-electron chi connectivity index (χ1n) is 10.6. The number of amides is 1. The van der Waals surface area contributed by atoms with Crippen molar-refractivity contribution in [2.45, 2.75) is 44.6 Å². The molecule has 1 aliphatic carbocycles. The monoisotopic (exact) mass is 458 g/mol. The molecule has 2 heterocycles. The Hall–Kier alpha value is -3.13. The number of carbonyl (C=O) groups excluding carboxylic acids is 1. The molecule has 1 aliphatic rings. The first-order chi connectivity index (χ1) is 15.5. The number of para-hydroxylation sites is 1. The van der Waals surface area contributed by atoms with Crippen LogP contribution in [0.4, 0.5) is 10.2 Å². The summed E-state index contributed by atoms with van der Waals surface area (Å²) >= 11 is 6.05. The van der Waals surface area contributed by atoms with Crippen molar-refractivity contribution in [2.75, 3.05) is 5.32 Å². The van der Waals surface area contributed by atoms with Crippen LogP contribution in [-0.2, 0) is 4.79 Å². The second-order valence-electron chi connectivity index (χ2n) is 7.93. The molecule has 0 spiro atoms. The van der Waals surface area contributed by atoms with Crippen LogP contribution in [0.15, 0.2) is 49.1 Å². The topological polar surface area (TPSA) is 89.3 Å². The molecule has 1 aromatic carbocycles. The van der Waals surface area contributed by atoms with Crippen LogP contribution in [0.1, 0.15) is 44.6 Å². The molecule has 0 saturated heterocycles. The summed E-state index contributed by atoms with van der Waals surface area (Å²) in [5.74, 6) is -0.389. The number of benzene rings is 1. The van der Waals surface area contributed by atoms with Gasteiger partial charge in [-0.1, -0.05) is 49.8 Å². The Labute approximate surface area is 190 Å². The molecule has 0 radical (unpaired) electrons. The lowest BCUT2D eigenvalue weighted by Gasteiger charge is -2.27. The summed E-state index contributed by atoms with van der Waals surface area (Å²) in [6.07, 6.45) is 12.0. The van der Waals surface area contributed by atoms with Crippen LogP contribution in [0.2, 0.25) is 5.02 Å². The van der Waals surface area contributed by atoms with E-state index in [0.717, 1.165) is 25.7 Å². The van der Waals surface area contributed by atoms with Crippen LogP contribution in [-0.4, -0.2) is 25.5 Å². The van der Waals surface area contributed by atoms with Gasteiger partial charge >= 0.3 is 0 Å². The summed E-state index contributed by atoms with van der Waals surface area (Å²) in [7, 11) is 0. The first-order valence-corrected chi connectivity index (χ1v) is 11.0. The molecule has 9 heteroatoms. The van der Waals surface area contributed by atoms with Gasteiger partial charge in [0, 0.05) is 18.5 Å². The van der Waals surface area contributed by atoms with E-state index in [0.29, 0.717) is 18.2 Å². The second-order valence-corrected chi connectivity index (χ2v) is 8.34. The van der Waals surface area contributed by atoms with Crippen molar-refractivity contribution >= 4 is 23.3 Å². The van der Waals surface area contributed by atoms with E-state index in [4.69, 9.17) is 16.3 Å². The van der Waals surface area contributed by atoms with Gasteiger partial charge in [-0.05, 0) is 24.5 Å². The second kappa shape index (κ2) is 9.99. The molecular formula is C23H24ClFN4O3. The third-order valence-corrected chi connectivity index (χ3v) is 5.97. The highest BCUT2D eigenvalue weighted by Gasteiger charge is 2.28. The predicted octanol–water partition coefficient (Wildman–Crippen LogP) is 5.72. The highest BCUT2D eigenvalue weighted by molar-refractivity contribution is 6.32. The number of hydrogen-bond acceptors (Lipinski definition) is 5. The fraction of sp³-hybridized carbons (Fsp3) is 0.348. The highest BCUT2D eigenvalue weighted by atomic mass is 35.5. The van der Waals surface area contributed by atoms with E-state index in [-0.39, 0.29) is 28.3 Å². The SMILES string of the molecule is O=C(Nc1cnccn1)[C@H](CC1CCCCC1)n1cc(Oc2c(F)cccc2Cl)cc1O. The molecule has 1 atom stereocenters. The molecule has 7 nitrogen and oxygen atoms in total. The van der Waals surface area contributed by atoms with Crippen LogP contribution in [0, 0.1) is 11.7 Å². The Morgan fingerprint density at radius 1 is 1.31 bits per heavy atom. The summed E-state index contributed by atoms with van der Waals surface area (Å²) in [5.41, 5.74) is 0. The molecule has 32 heavy (non-hydrogen) atoms. The van der Waals surface area contributed by atoms with E-state index in [9.17, 15) is 14.3 Å². The van der Waals surface area contributed by atoms with Gasteiger partial charge in [0.1, 0.15) is 11.8 Å². The van der Waals surface area contributed by atoms with E-state index in [1.165, 1.54) is 60.0 Å². The van der Waals surface area contributed by atoms with Crippen LogP contribution in [0.25, 0.3) is 0 Å². The summed E-state index contributed by atoms with van der Waals surface area (Å²) in [6, 6.07) is 4.86. The van der Waals surface area contributed by atoms with Gasteiger partial charge in [0.05, 0.1) is 17.4 Å². The molecule has 1 fully saturated rings. The number of nitrogens with zero attached hydrogens (tertiary/aromatic N) is 3. The van der Waals surface area contributed by atoms with Crippen LogP contribution < -0.4 is 10.1 Å². The molecule has 1 amide bonds. The van der Waals surface area contributed by atoms with Crippen molar-refractivity contribution in [1.82, 2.24) is 14.5 Å². The van der Waals surface area contributed by atoms with Crippen molar-refractivity contribution in [2.24, 2.45) is 5.92 Å². The Kier molecular flexibility index (Phi) is 6.90. The quantitative estimate of drug-likeness (QED) is 0.472. The van der Waals surface area contributed by atoms with Crippen LogP contribution in [0.3, 0.4) is 0 Å². The Balaban J connectivity index is 1.60. The predicted molar refractivity (Wildman–Crippen MR) is 118 cm³/mol. The van der Waals surface area contributed by atoms with Gasteiger partial charge in [-0.25, -0.2) is 9.37 Å². The zero-order valence-electron chi connectivity index (χ0n) is 17.4. The molecule has 0 bridgehead atoms. The molecule has 3 aromatic rings. The van der Waals surface area contributed by atoms with E-state index in [2.05, 4.69) is 15.3 Å². The van der Waals surface area contributed by atoms with Crippen molar-refractivity contribution in [3.05, 3.63) is 59.9 Å². The minimum atomic E-state index is -0.700. The fourth-order valence-electron chi connectivity index (χ4n) is 4.10. The van der Waals surface area contributed by atoms with E-state index >= 15 is 0 Å². The number of ether oxygens (including phenoxy) is 1. The van der Waals surface area contributed by atoms with Crippen molar-refractivity contribution < 1.29 is 19.0 Å². The lowest BCUT2D eigenvalue weighted by molar-refractivity contribution is -0.120. The zero-order valence-corrected chi connectivity index (χ0v) is 18.1. The summed E-state index contributed by atoms with van der Waals surface area (Å²) in [4.78, 5) is 21.2. The number of nitrogens with one attached hydrogen (secondary N) is 1. The maximum atomic E-state index is 14.1. The Morgan fingerprint density at radius 3 is 2.84 bits per heavy atom. The highest BCUT2D eigenvalue weighted by Crippen LogP contribution is 2.38. The summed E-state index contributed by atoms with van der Waals surface area (Å²) < 4.78 is 21.2. The van der Waals surface area contributed by atoms with E-state index < -0.39 is 11.9 Å². The van der Waals surface area contributed by atoms with Gasteiger partial charge in [0.15, 0.2) is 23.3 Å². The van der Waals surface area contributed by atoms with E-state index in [1.807, 2.05) is 0 Å². The van der Waals surface area contributed by atoms with Crippen molar-refractivity contribution in [3.63, 3.8) is 0 Å². The smallest absolute Gasteiger partial charge is 0.248 e. The largest absolute Gasteiger partial charge is 0.494 e. The number of anilines is 1. The third-order valence-electron chi connectivity index (χ3n) is 5.68. The normalized spacial score (nSPS) is 15.3. The maximum absolute atomic E-state index is 14.1. The number of rotatable bonds is 7. The maximum Gasteiger partial charge on any atom is 0.248 e. The van der Waals surface area contributed by atoms with E-state index in [1.54, 1.807) is 0 Å². The lowest BCUT2D eigenvalue weighted by atomic mass is 9.84. The molecule has 0 aliphatic heterocycles. The molecule has 0 unspecified atom stereocenters.